The predicted molar refractivity (Wildman–Crippen MR) is 109 cm³/mol. The lowest BCUT2D eigenvalue weighted by Crippen LogP contribution is -2.06. The van der Waals surface area contributed by atoms with E-state index in [2.05, 4.69) is 43.1 Å². The van der Waals surface area contributed by atoms with E-state index in [4.69, 9.17) is 9.47 Å². The first kappa shape index (κ1) is 19.1. The third-order valence-corrected chi connectivity index (χ3v) is 4.83. The molecule has 0 saturated carbocycles. The number of rotatable bonds is 7. The van der Waals surface area contributed by atoms with Crippen molar-refractivity contribution in [1.29, 1.82) is 0 Å². The first-order chi connectivity index (χ1) is 13.1. The van der Waals surface area contributed by atoms with Crippen LogP contribution in [0.15, 0.2) is 47.2 Å². The molecule has 1 N–H and O–H groups in total. The van der Waals surface area contributed by atoms with E-state index in [0.717, 1.165) is 33.5 Å². The predicted octanol–water partition coefficient (Wildman–Crippen LogP) is 4.49. The van der Waals surface area contributed by atoms with Gasteiger partial charge in [0.05, 0.1) is 14.2 Å². The molecule has 0 spiro atoms. The second kappa shape index (κ2) is 8.81. The fourth-order valence-corrected chi connectivity index (χ4v) is 3.08. The standard InChI is InChI=1S/C20H21BrN4O2/c1-4-15-10-19(25-20(24-15)13-5-7-22-8-6-13)23-12-14-9-17(26-2)18(27-3)11-16(14)21/h5-11H,4,12H2,1-3H3,(H,23,24,25). The normalized spacial score (nSPS) is 10.5. The van der Waals surface area contributed by atoms with Crippen molar-refractivity contribution in [3.05, 3.63) is 58.5 Å². The molecule has 0 radical (unpaired) electrons. The Labute approximate surface area is 167 Å². The highest BCUT2D eigenvalue weighted by atomic mass is 79.9. The van der Waals surface area contributed by atoms with Crippen molar-refractivity contribution in [1.82, 2.24) is 15.0 Å². The van der Waals surface area contributed by atoms with E-state index in [-0.39, 0.29) is 0 Å². The van der Waals surface area contributed by atoms with Gasteiger partial charge in [0, 0.05) is 40.7 Å². The molecule has 0 amide bonds. The number of ether oxygens (including phenoxy) is 2. The highest BCUT2D eigenvalue weighted by Crippen LogP contribution is 2.33. The number of benzene rings is 1. The Balaban J connectivity index is 1.86. The van der Waals surface area contributed by atoms with Gasteiger partial charge in [-0.1, -0.05) is 22.9 Å². The van der Waals surface area contributed by atoms with Crippen molar-refractivity contribution in [2.75, 3.05) is 19.5 Å². The number of anilines is 1. The minimum atomic E-state index is 0.580. The second-order valence-electron chi connectivity index (χ2n) is 5.81. The average Bonchev–Trinajstić information content (AvgIpc) is 2.72. The number of aromatic nitrogens is 3. The maximum absolute atomic E-state index is 5.39. The van der Waals surface area contributed by atoms with Crippen molar-refractivity contribution in [2.24, 2.45) is 0 Å². The number of aryl methyl sites for hydroxylation is 1. The van der Waals surface area contributed by atoms with Crippen molar-refractivity contribution in [2.45, 2.75) is 19.9 Å². The lowest BCUT2D eigenvalue weighted by atomic mass is 10.2. The zero-order valence-corrected chi connectivity index (χ0v) is 17.1. The molecule has 3 rings (SSSR count). The van der Waals surface area contributed by atoms with E-state index in [1.54, 1.807) is 26.6 Å². The van der Waals surface area contributed by atoms with Gasteiger partial charge in [-0.2, -0.15) is 0 Å². The Morgan fingerprint density at radius 2 is 1.70 bits per heavy atom. The number of methoxy groups -OCH3 is 2. The van der Waals surface area contributed by atoms with Gasteiger partial charge < -0.3 is 14.8 Å². The van der Waals surface area contributed by atoms with Crippen molar-refractivity contribution >= 4 is 21.7 Å². The zero-order chi connectivity index (χ0) is 19.2. The van der Waals surface area contributed by atoms with Crippen LogP contribution in [0.3, 0.4) is 0 Å². The van der Waals surface area contributed by atoms with Crippen LogP contribution < -0.4 is 14.8 Å². The van der Waals surface area contributed by atoms with Crippen LogP contribution in [0.4, 0.5) is 5.82 Å². The third kappa shape index (κ3) is 4.54. The molecular weight excluding hydrogens is 408 g/mol. The molecule has 27 heavy (non-hydrogen) atoms. The molecule has 0 aliphatic rings. The van der Waals surface area contributed by atoms with Crippen molar-refractivity contribution in [3.63, 3.8) is 0 Å². The Kier molecular flexibility index (Phi) is 6.24. The van der Waals surface area contributed by atoms with Crippen molar-refractivity contribution in [3.8, 4) is 22.9 Å². The van der Waals surface area contributed by atoms with Gasteiger partial charge in [0.2, 0.25) is 0 Å². The lowest BCUT2D eigenvalue weighted by molar-refractivity contribution is 0.354. The van der Waals surface area contributed by atoms with E-state index in [9.17, 15) is 0 Å². The van der Waals surface area contributed by atoms with Crippen LogP contribution in [-0.2, 0) is 13.0 Å². The number of hydrogen-bond acceptors (Lipinski definition) is 6. The van der Waals surface area contributed by atoms with Crippen LogP contribution in [0.2, 0.25) is 0 Å². The molecule has 0 bridgehead atoms. The highest BCUT2D eigenvalue weighted by molar-refractivity contribution is 9.10. The monoisotopic (exact) mass is 428 g/mol. The molecule has 0 unspecified atom stereocenters. The maximum Gasteiger partial charge on any atom is 0.161 e. The van der Waals surface area contributed by atoms with E-state index < -0.39 is 0 Å². The maximum atomic E-state index is 5.39. The first-order valence-corrected chi connectivity index (χ1v) is 9.36. The first-order valence-electron chi connectivity index (χ1n) is 8.57. The van der Waals surface area contributed by atoms with Crippen LogP contribution in [0.25, 0.3) is 11.4 Å². The molecule has 0 fully saturated rings. The van der Waals surface area contributed by atoms with Gasteiger partial charge in [-0.3, -0.25) is 4.98 Å². The molecule has 140 valence electrons. The zero-order valence-electron chi connectivity index (χ0n) is 15.5. The fraction of sp³-hybridized carbons (Fsp3) is 0.250. The SMILES string of the molecule is CCc1cc(NCc2cc(OC)c(OC)cc2Br)nc(-c2ccncc2)n1. The van der Waals surface area contributed by atoms with Gasteiger partial charge in [-0.15, -0.1) is 0 Å². The van der Waals surface area contributed by atoms with Crippen LogP contribution in [0.5, 0.6) is 11.5 Å². The fourth-order valence-electron chi connectivity index (χ4n) is 2.62. The van der Waals surface area contributed by atoms with Gasteiger partial charge in [0.25, 0.3) is 0 Å². The largest absolute Gasteiger partial charge is 0.493 e. The third-order valence-electron chi connectivity index (χ3n) is 4.09. The minimum Gasteiger partial charge on any atom is -0.493 e. The van der Waals surface area contributed by atoms with Gasteiger partial charge in [0.15, 0.2) is 17.3 Å². The van der Waals surface area contributed by atoms with Crippen molar-refractivity contribution < 1.29 is 9.47 Å². The van der Waals surface area contributed by atoms with Gasteiger partial charge in [0.1, 0.15) is 5.82 Å². The summed E-state index contributed by atoms with van der Waals surface area (Å²) in [7, 11) is 3.25. The number of nitrogens with zero attached hydrogens (tertiary/aromatic N) is 3. The molecule has 7 heteroatoms. The topological polar surface area (TPSA) is 69.2 Å². The summed E-state index contributed by atoms with van der Waals surface area (Å²) in [6.07, 6.45) is 4.31. The molecule has 2 heterocycles. The lowest BCUT2D eigenvalue weighted by Gasteiger charge is -2.13. The second-order valence-corrected chi connectivity index (χ2v) is 6.66. The molecule has 0 atom stereocenters. The number of nitrogens with one attached hydrogen (secondary N) is 1. The van der Waals surface area contributed by atoms with Gasteiger partial charge in [-0.05, 0) is 36.2 Å². The van der Waals surface area contributed by atoms with Gasteiger partial charge >= 0.3 is 0 Å². The summed E-state index contributed by atoms with van der Waals surface area (Å²) < 4.78 is 11.7. The molecule has 0 saturated heterocycles. The van der Waals surface area contributed by atoms with Crippen LogP contribution >= 0.6 is 15.9 Å². The molecule has 3 aromatic rings. The van der Waals surface area contributed by atoms with Crippen LogP contribution in [0, 0.1) is 0 Å². The number of halogens is 1. The average molecular weight is 429 g/mol. The molecule has 6 nitrogen and oxygen atoms in total. The van der Waals surface area contributed by atoms with E-state index in [1.165, 1.54) is 0 Å². The number of hydrogen-bond donors (Lipinski definition) is 1. The summed E-state index contributed by atoms with van der Waals surface area (Å²) >= 11 is 3.59. The summed E-state index contributed by atoms with van der Waals surface area (Å²) in [6.45, 7) is 2.66. The van der Waals surface area contributed by atoms with Crippen LogP contribution in [-0.4, -0.2) is 29.2 Å². The Hall–Kier alpha value is -2.67. The summed E-state index contributed by atoms with van der Waals surface area (Å²) in [6, 6.07) is 9.63. The smallest absolute Gasteiger partial charge is 0.161 e. The summed E-state index contributed by atoms with van der Waals surface area (Å²) in [5.41, 5.74) is 2.95. The van der Waals surface area contributed by atoms with E-state index in [0.29, 0.717) is 23.9 Å². The molecule has 0 aliphatic heterocycles. The highest BCUT2D eigenvalue weighted by Gasteiger charge is 2.11. The van der Waals surface area contributed by atoms with E-state index in [1.807, 2.05) is 30.3 Å². The quantitative estimate of drug-likeness (QED) is 0.597. The molecular formula is C20H21BrN4O2. The molecule has 0 aliphatic carbocycles. The summed E-state index contributed by atoms with van der Waals surface area (Å²) in [4.78, 5) is 13.3. The molecule has 1 aromatic carbocycles. The number of pyridine rings is 1. The Morgan fingerprint density at radius 1 is 1.00 bits per heavy atom. The Morgan fingerprint density at radius 3 is 2.37 bits per heavy atom. The molecule has 2 aromatic heterocycles. The Bertz CT molecular complexity index is 919. The van der Waals surface area contributed by atoms with Crippen LogP contribution in [0.1, 0.15) is 18.2 Å². The summed E-state index contributed by atoms with van der Waals surface area (Å²) in [5, 5.41) is 3.38. The van der Waals surface area contributed by atoms with Gasteiger partial charge in [-0.25, -0.2) is 9.97 Å². The summed E-state index contributed by atoms with van der Waals surface area (Å²) in [5.74, 6) is 2.83. The van der Waals surface area contributed by atoms with E-state index >= 15 is 0 Å². The minimum absolute atomic E-state index is 0.580.